The summed E-state index contributed by atoms with van der Waals surface area (Å²) in [6.07, 6.45) is 0. The summed E-state index contributed by atoms with van der Waals surface area (Å²) in [6, 6.07) is 17.4. The van der Waals surface area contributed by atoms with Crippen molar-refractivity contribution in [3.8, 4) is 23.4 Å². The Morgan fingerprint density at radius 1 is 0.583 bits per heavy atom. The van der Waals surface area contributed by atoms with Gasteiger partial charge in [0.05, 0.1) is 0 Å². The zero-order valence-corrected chi connectivity index (χ0v) is 12.4. The maximum atomic E-state index is 9.58. The molecule has 1 heterocycles. The molecule has 5 nitrogen and oxygen atoms in total. The molecule has 0 unspecified atom stereocenters. The summed E-state index contributed by atoms with van der Waals surface area (Å²) in [5, 5.41) is 25.9. The maximum Gasteiger partial charge on any atom is 0.320 e. The van der Waals surface area contributed by atoms with Crippen LogP contribution >= 0.6 is 0 Å². The molecule has 24 heavy (non-hydrogen) atoms. The van der Waals surface area contributed by atoms with Crippen LogP contribution in [0.3, 0.4) is 0 Å². The summed E-state index contributed by atoms with van der Waals surface area (Å²) in [7, 11) is 0. The number of hydrogen-bond acceptors (Lipinski definition) is 5. The molecule has 0 atom stereocenters. The van der Waals surface area contributed by atoms with Gasteiger partial charge in [-0.25, -0.2) is 0 Å². The normalized spacial score (nSPS) is 11.7. The molecule has 0 fully saturated rings. The highest BCUT2D eigenvalue weighted by atomic mass is 16.3. The smallest absolute Gasteiger partial charge is 0.320 e. The second-order valence-electron chi connectivity index (χ2n) is 5.73. The van der Waals surface area contributed by atoms with Gasteiger partial charge >= 0.3 is 12.0 Å². The number of benzene rings is 4. The molecule has 5 heteroatoms. The molecule has 0 bridgehead atoms. The molecule has 0 aliphatic rings. The van der Waals surface area contributed by atoms with Gasteiger partial charge in [-0.15, -0.1) is 4.98 Å². The van der Waals surface area contributed by atoms with Crippen LogP contribution in [0.2, 0.25) is 0 Å². The zero-order chi connectivity index (χ0) is 16.3. The summed E-state index contributed by atoms with van der Waals surface area (Å²) >= 11 is 0. The molecule has 0 aliphatic heterocycles. The van der Waals surface area contributed by atoms with Gasteiger partial charge in [-0.3, -0.25) is 0 Å². The first kappa shape index (κ1) is 13.0. The molecule has 5 aromatic rings. The average Bonchev–Trinajstić information content (AvgIpc) is 2.58. The molecule has 0 spiro atoms. The van der Waals surface area contributed by atoms with E-state index >= 15 is 0 Å². The van der Waals surface area contributed by atoms with Crippen LogP contribution in [0, 0.1) is 0 Å². The van der Waals surface area contributed by atoms with Crippen molar-refractivity contribution >= 4 is 32.3 Å². The van der Waals surface area contributed by atoms with Crippen LogP contribution in [0.4, 0.5) is 0 Å². The van der Waals surface area contributed by atoms with Crippen LogP contribution in [0.5, 0.6) is 12.0 Å². The van der Waals surface area contributed by atoms with Crippen molar-refractivity contribution in [3.05, 3.63) is 54.6 Å². The topological polar surface area (TPSA) is 79.1 Å². The first-order chi connectivity index (χ1) is 11.7. The molecule has 1 aromatic heterocycles. The summed E-state index contributed by atoms with van der Waals surface area (Å²) < 4.78 is 0. The van der Waals surface area contributed by atoms with Crippen LogP contribution in [0.1, 0.15) is 0 Å². The average molecular weight is 313 g/mol. The van der Waals surface area contributed by atoms with E-state index in [2.05, 4.69) is 45.3 Å². The van der Waals surface area contributed by atoms with Crippen LogP contribution in [-0.2, 0) is 0 Å². The van der Waals surface area contributed by atoms with Crippen molar-refractivity contribution in [2.24, 2.45) is 0 Å². The van der Waals surface area contributed by atoms with Gasteiger partial charge in [-0.2, -0.15) is 9.97 Å². The van der Waals surface area contributed by atoms with Crippen molar-refractivity contribution in [2.75, 3.05) is 0 Å². The van der Waals surface area contributed by atoms with Gasteiger partial charge < -0.3 is 10.2 Å². The highest BCUT2D eigenvalue weighted by molar-refractivity contribution is 6.25. The molecule has 4 aromatic carbocycles. The number of hydrogen-bond donors (Lipinski definition) is 2. The Bertz CT molecular complexity index is 1200. The van der Waals surface area contributed by atoms with Gasteiger partial charge in [0.15, 0.2) is 5.82 Å². The van der Waals surface area contributed by atoms with Crippen LogP contribution in [0.15, 0.2) is 54.6 Å². The predicted octanol–water partition coefficient (Wildman–Crippen LogP) is 3.85. The van der Waals surface area contributed by atoms with Crippen LogP contribution in [-0.4, -0.2) is 25.2 Å². The lowest BCUT2D eigenvalue weighted by atomic mass is 9.92. The Balaban J connectivity index is 1.97. The second kappa shape index (κ2) is 4.52. The van der Waals surface area contributed by atoms with Gasteiger partial charge in [-0.05, 0) is 38.4 Å². The van der Waals surface area contributed by atoms with E-state index in [-0.39, 0.29) is 5.82 Å². The van der Waals surface area contributed by atoms with E-state index in [9.17, 15) is 10.2 Å². The molecular formula is C19H11N3O2. The quantitative estimate of drug-likeness (QED) is 0.460. The lowest BCUT2D eigenvalue weighted by Crippen LogP contribution is -1.94. The third kappa shape index (κ3) is 1.72. The third-order valence-corrected chi connectivity index (χ3v) is 4.38. The van der Waals surface area contributed by atoms with E-state index in [0.29, 0.717) is 0 Å². The second-order valence-corrected chi connectivity index (χ2v) is 5.73. The van der Waals surface area contributed by atoms with Gasteiger partial charge in [0.25, 0.3) is 0 Å². The lowest BCUT2D eigenvalue weighted by Gasteiger charge is -2.13. The maximum absolute atomic E-state index is 9.58. The summed E-state index contributed by atoms with van der Waals surface area (Å²) in [5.41, 5.74) is 0.744. The SMILES string of the molecule is Oc1nc(O)nc(-c2ccc3ccc4cccc5ccc2c3c45)n1. The highest BCUT2D eigenvalue weighted by Crippen LogP contribution is 2.38. The minimum Gasteiger partial charge on any atom is -0.479 e. The molecular weight excluding hydrogens is 302 g/mol. The number of aromatic hydroxyl groups is 2. The summed E-state index contributed by atoms with van der Waals surface area (Å²) in [5.74, 6) is 0.248. The molecule has 0 saturated heterocycles. The summed E-state index contributed by atoms with van der Waals surface area (Å²) in [6.45, 7) is 0. The predicted molar refractivity (Wildman–Crippen MR) is 92.3 cm³/mol. The van der Waals surface area contributed by atoms with Crippen LogP contribution in [0.25, 0.3) is 43.7 Å². The summed E-state index contributed by atoms with van der Waals surface area (Å²) in [4.78, 5) is 11.3. The third-order valence-electron chi connectivity index (χ3n) is 4.38. The molecule has 0 radical (unpaired) electrons. The van der Waals surface area contributed by atoms with Crippen molar-refractivity contribution in [3.63, 3.8) is 0 Å². The van der Waals surface area contributed by atoms with E-state index in [1.54, 1.807) is 0 Å². The fourth-order valence-corrected chi connectivity index (χ4v) is 3.40. The Morgan fingerprint density at radius 3 is 1.88 bits per heavy atom. The number of rotatable bonds is 1. The van der Waals surface area contributed by atoms with E-state index in [1.165, 1.54) is 16.2 Å². The van der Waals surface area contributed by atoms with E-state index in [4.69, 9.17) is 0 Å². The first-order valence-corrected chi connectivity index (χ1v) is 7.51. The zero-order valence-electron chi connectivity index (χ0n) is 12.4. The minimum absolute atomic E-state index is 0.248. The van der Waals surface area contributed by atoms with Crippen LogP contribution < -0.4 is 0 Å². The number of aromatic nitrogens is 3. The highest BCUT2D eigenvalue weighted by Gasteiger charge is 2.14. The van der Waals surface area contributed by atoms with Gasteiger partial charge in [0.2, 0.25) is 0 Å². The Labute approximate surface area is 136 Å². The first-order valence-electron chi connectivity index (χ1n) is 7.51. The molecule has 2 N–H and O–H groups in total. The monoisotopic (exact) mass is 313 g/mol. The molecule has 0 aliphatic carbocycles. The van der Waals surface area contributed by atoms with Gasteiger partial charge in [-0.1, -0.05) is 48.5 Å². The molecule has 0 saturated carbocycles. The van der Waals surface area contributed by atoms with Crippen molar-refractivity contribution in [1.82, 2.24) is 15.0 Å². The van der Waals surface area contributed by atoms with Crippen molar-refractivity contribution in [2.45, 2.75) is 0 Å². The lowest BCUT2D eigenvalue weighted by molar-refractivity contribution is 0.383. The molecule has 114 valence electrons. The Kier molecular flexibility index (Phi) is 2.45. The fraction of sp³-hybridized carbons (Fsp3) is 0. The van der Waals surface area contributed by atoms with Crippen molar-refractivity contribution < 1.29 is 10.2 Å². The van der Waals surface area contributed by atoms with Crippen molar-refractivity contribution in [1.29, 1.82) is 0 Å². The van der Waals surface area contributed by atoms with E-state index < -0.39 is 12.0 Å². The molecule has 5 rings (SSSR count). The number of nitrogens with zero attached hydrogens (tertiary/aromatic N) is 3. The Morgan fingerprint density at radius 2 is 1.17 bits per heavy atom. The molecule has 0 amide bonds. The van der Waals surface area contributed by atoms with E-state index in [0.717, 1.165) is 21.7 Å². The Hall–Kier alpha value is -3.47. The largest absolute Gasteiger partial charge is 0.479 e. The van der Waals surface area contributed by atoms with Gasteiger partial charge in [0.1, 0.15) is 0 Å². The van der Waals surface area contributed by atoms with Gasteiger partial charge in [0, 0.05) is 5.56 Å². The standard InChI is InChI=1S/C19H11N3O2/c23-18-20-17(21-19(24)22-18)14-9-7-12-5-4-10-2-1-3-11-6-8-13(14)16(12)15(10)11/h1-9H,(H2,20,21,22,23,24). The fourth-order valence-electron chi connectivity index (χ4n) is 3.40. The minimum atomic E-state index is -0.497. The van der Waals surface area contributed by atoms with E-state index in [1.807, 2.05) is 24.3 Å².